The molecule has 0 spiro atoms. The summed E-state index contributed by atoms with van der Waals surface area (Å²) in [4.78, 5) is 14.7. The number of rotatable bonds is 5. The Morgan fingerprint density at radius 1 is 1.38 bits per heavy atom. The molecule has 1 fully saturated rings. The molecule has 1 aliphatic carbocycles. The van der Waals surface area contributed by atoms with E-state index < -0.39 is 5.82 Å². The molecule has 0 radical (unpaired) electrons. The van der Waals surface area contributed by atoms with E-state index in [0.717, 1.165) is 32.1 Å². The smallest absolute Gasteiger partial charge is 0.258 e. The first-order valence-electron chi connectivity index (χ1n) is 7.75. The highest BCUT2D eigenvalue weighted by Crippen LogP contribution is 2.28. The summed E-state index contributed by atoms with van der Waals surface area (Å²) in [6.07, 6.45) is 5.35. The lowest BCUT2D eigenvalue weighted by atomic mass is 10.1. The van der Waals surface area contributed by atoms with Crippen LogP contribution in [0.15, 0.2) is 22.7 Å². The molecule has 2 nitrogen and oxygen atoms in total. The molecule has 1 saturated carbocycles. The maximum absolute atomic E-state index is 14.1. The Bertz CT molecular complexity index is 477. The highest BCUT2D eigenvalue weighted by Gasteiger charge is 2.29. The third-order valence-electron chi connectivity index (χ3n) is 4.15. The molecule has 1 aliphatic rings. The van der Waals surface area contributed by atoms with Gasteiger partial charge in [0.2, 0.25) is 0 Å². The second-order valence-corrected chi connectivity index (χ2v) is 7.07. The van der Waals surface area contributed by atoms with Gasteiger partial charge in [0, 0.05) is 17.1 Å². The number of carbonyl (C=O) groups excluding carboxylic acids is 1. The van der Waals surface area contributed by atoms with Crippen molar-refractivity contribution < 1.29 is 9.18 Å². The van der Waals surface area contributed by atoms with Gasteiger partial charge in [-0.15, -0.1) is 0 Å². The van der Waals surface area contributed by atoms with Crippen LogP contribution in [-0.2, 0) is 0 Å². The summed E-state index contributed by atoms with van der Waals surface area (Å²) in [5.74, 6) is -0.0831. The van der Waals surface area contributed by atoms with E-state index in [4.69, 9.17) is 0 Å². The maximum atomic E-state index is 14.1. The van der Waals surface area contributed by atoms with Crippen molar-refractivity contribution in [3.8, 4) is 0 Å². The lowest BCUT2D eigenvalue weighted by Crippen LogP contribution is -2.40. The maximum Gasteiger partial charge on any atom is 0.258 e. The molecule has 0 N–H and O–H groups in total. The molecule has 0 unspecified atom stereocenters. The zero-order chi connectivity index (χ0) is 15.4. The molecule has 116 valence electrons. The van der Waals surface area contributed by atoms with E-state index in [9.17, 15) is 9.18 Å². The summed E-state index contributed by atoms with van der Waals surface area (Å²) in [6, 6.07) is 4.96. The van der Waals surface area contributed by atoms with E-state index in [1.807, 2.05) is 4.90 Å². The predicted molar refractivity (Wildman–Crippen MR) is 86.8 cm³/mol. The van der Waals surface area contributed by atoms with Gasteiger partial charge in [-0.05, 0) is 53.2 Å². The molecular formula is C17H23BrFNO. The standard InChI is InChI=1S/C17H23BrFNO/c1-12(2)10-11-20(13-6-3-4-7-13)17(21)16-14(18)8-5-9-15(16)19/h5,8-9,12-13H,3-4,6-7,10-11H2,1-2H3. The molecule has 1 aromatic rings. The minimum atomic E-state index is -0.443. The van der Waals surface area contributed by atoms with Crippen molar-refractivity contribution in [2.24, 2.45) is 5.92 Å². The third kappa shape index (κ3) is 4.06. The minimum absolute atomic E-state index is 0.174. The second-order valence-electron chi connectivity index (χ2n) is 6.22. The summed E-state index contributed by atoms with van der Waals surface area (Å²) >= 11 is 3.32. The van der Waals surface area contributed by atoms with E-state index >= 15 is 0 Å². The molecule has 2 rings (SSSR count). The van der Waals surface area contributed by atoms with Crippen LogP contribution in [0.3, 0.4) is 0 Å². The fraction of sp³-hybridized carbons (Fsp3) is 0.588. The molecule has 0 atom stereocenters. The Hall–Kier alpha value is -0.900. The summed E-state index contributed by atoms with van der Waals surface area (Å²) in [5.41, 5.74) is 0.174. The first-order chi connectivity index (χ1) is 10.0. The number of nitrogens with zero attached hydrogens (tertiary/aromatic N) is 1. The summed E-state index contributed by atoms with van der Waals surface area (Å²) in [5, 5.41) is 0. The van der Waals surface area contributed by atoms with Gasteiger partial charge in [-0.3, -0.25) is 4.79 Å². The molecule has 4 heteroatoms. The zero-order valence-corrected chi connectivity index (χ0v) is 14.3. The van der Waals surface area contributed by atoms with Gasteiger partial charge < -0.3 is 4.90 Å². The minimum Gasteiger partial charge on any atom is -0.336 e. The summed E-state index contributed by atoms with van der Waals surface area (Å²) in [6.45, 7) is 5.01. The first kappa shape index (κ1) is 16.5. The van der Waals surface area contributed by atoms with E-state index in [0.29, 0.717) is 16.9 Å². The molecule has 0 bridgehead atoms. The van der Waals surface area contributed by atoms with E-state index in [1.165, 1.54) is 6.07 Å². The van der Waals surface area contributed by atoms with Gasteiger partial charge in [-0.2, -0.15) is 0 Å². The number of hydrogen-bond donors (Lipinski definition) is 0. The molecule has 0 heterocycles. The van der Waals surface area contributed by atoms with Crippen molar-refractivity contribution in [3.05, 3.63) is 34.1 Å². The van der Waals surface area contributed by atoms with Crippen molar-refractivity contribution >= 4 is 21.8 Å². The highest BCUT2D eigenvalue weighted by atomic mass is 79.9. The number of benzene rings is 1. The van der Waals surface area contributed by atoms with Gasteiger partial charge in [0.15, 0.2) is 0 Å². The predicted octanol–water partition coefficient (Wildman–Crippen LogP) is 5.02. The lowest BCUT2D eigenvalue weighted by molar-refractivity contribution is 0.0666. The van der Waals surface area contributed by atoms with Gasteiger partial charge >= 0.3 is 0 Å². The monoisotopic (exact) mass is 355 g/mol. The number of amides is 1. The average Bonchev–Trinajstić information content (AvgIpc) is 2.92. The van der Waals surface area contributed by atoms with Crippen LogP contribution in [0.25, 0.3) is 0 Å². The van der Waals surface area contributed by atoms with Crippen LogP contribution in [0.5, 0.6) is 0 Å². The van der Waals surface area contributed by atoms with Crippen LogP contribution in [0.1, 0.15) is 56.3 Å². The topological polar surface area (TPSA) is 20.3 Å². The third-order valence-corrected chi connectivity index (χ3v) is 4.81. The van der Waals surface area contributed by atoms with Crippen molar-refractivity contribution in [2.45, 2.75) is 52.0 Å². The molecule has 1 aromatic carbocycles. The number of carbonyl (C=O) groups is 1. The Morgan fingerprint density at radius 3 is 2.62 bits per heavy atom. The second kappa shape index (κ2) is 7.39. The molecule has 0 aliphatic heterocycles. The van der Waals surface area contributed by atoms with Crippen LogP contribution in [0.4, 0.5) is 4.39 Å². The summed E-state index contributed by atoms with van der Waals surface area (Å²) in [7, 11) is 0. The van der Waals surface area contributed by atoms with Gasteiger partial charge in [0.25, 0.3) is 5.91 Å². The van der Waals surface area contributed by atoms with E-state index in [2.05, 4.69) is 29.8 Å². The molecule has 0 aromatic heterocycles. The Morgan fingerprint density at radius 2 is 2.05 bits per heavy atom. The summed E-state index contributed by atoms with van der Waals surface area (Å²) < 4.78 is 14.6. The van der Waals surface area contributed by atoms with Crippen molar-refractivity contribution in [2.75, 3.05) is 6.54 Å². The molecule has 21 heavy (non-hydrogen) atoms. The van der Waals surface area contributed by atoms with E-state index in [1.54, 1.807) is 12.1 Å². The first-order valence-corrected chi connectivity index (χ1v) is 8.55. The van der Waals surface area contributed by atoms with Gasteiger partial charge in [-0.25, -0.2) is 4.39 Å². The van der Waals surface area contributed by atoms with Crippen molar-refractivity contribution in [1.82, 2.24) is 4.90 Å². The zero-order valence-electron chi connectivity index (χ0n) is 12.7. The Labute approximate surface area is 134 Å². The Balaban J connectivity index is 2.24. The SMILES string of the molecule is CC(C)CCN(C(=O)c1c(F)cccc1Br)C1CCCC1. The van der Waals surface area contributed by atoms with Gasteiger partial charge in [0.1, 0.15) is 5.82 Å². The van der Waals surface area contributed by atoms with Gasteiger partial charge in [-0.1, -0.05) is 32.8 Å². The molecule has 0 saturated heterocycles. The Kier molecular flexibility index (Phi) is 5.80. The van der Waals surface area contributed by atoms with E-state index in [-0.39, 0.29) is 17.5 Å². The van der Waals surface area contributed by atoms with Crippen molar-refractivity contribution in [3.63, 3.8) is 0 Å². The fourth-order valence-electron chi connectivity index (χ4n) is 2.91. The lowest BCUT2D eigenvalue weighted by Gasteiger charge is -2.30. The largest absolute Gasteiger partial charge is 0.336 e. The number of halogens is 2. The van der Waals surface area contributed by atoms with Crippen LogP contribution < -0.4 is 0 Å². The van der Waals surface area contributed by atoms with Crippen LogP contribution in [-0.4, -0.2) is 23.4 Å². The molecule has 1 amide bonds. The van der Waals surface area contributed by atoms with Crippen LogP contribution >= 0.6 is 15.9 Å². The highest BCUT2D eigenvalue weighted by molar-refractivity contribution is 9.10. The number of hydrogen-bond acceptors (Lipinski definition) is 1. The van der Waals surface area contributed by atoms with Crippen LogP contribution in [0, 0.1) is 11.7 Å². The fourth-order valence-corrected chi connectivity index (χ4v) is 3.42. The average molecular weight is 356 g/mol. The van der Waals surface area contributed by atoms with Gasteiger partial charge in [0.05, 0.1) is 5.56 Å². The quantitative estimate of drug-likeness (QED) is 0.726. The van der Waals surface area contributed by atoms with Crippen LogP contribution in [0.2, 0.25) is 0 Å². The normalized spacial score (nSPS) is 15.7. The molecular weight excluding hydrogens is 333 g/mol. The van der Waals surface area contributed by atoms with Crippen molar-refractivity contribution in [1.29, 1.82) is 0 Å².